The first kappa shape index (κ1) is 24.6. The van der Waals surface area contributed by atoms with Crippen LogP contribution in [-0.4, -0.2) is 18.2 Å². The van der Waals surface area contributed by atoms with Crippen molar-refractivity contribution in [2.24, 2.45) is 5.10 Å². The molecule has 0 aliphatic carbocycles. The van der Waals surface area contributed by atoms with Gasteiger partial charge in [-0.25, -0.2) is 5.43 Å². The minimum Gasteiger partial charge on any atom is -0.483 e. The average Bonchev–Trinajstić information content (AvgIpc) is 3.16. The highest BCUT2D eigenvalue weighted by atomic mass is 35.5. The van der Waals surface area contributed by atoms with E-state index in [2.05, 4.69) is 10.5 Å². The van der Waals surface area contributed by atoms with E-state index in [1.54, 1.807) is 31.2 Å². The zero-order chi connectivity index (χ0) is 23.3. The Morgan fingerprint density at radius 1 is 1.03 bits per heavy atom. The lowest BCUT2D eigenvalue weighted by atomic mass is 10.3. The van der Waals surface area contributed by atoms with Crippen molar-refractivity contribution in [3.8, 4) is 11.5 Å². The number of rotatable bonds is 8. The Balaban J connectivity index is 1.51. The van der Waals surface area contributed by atoms with Gasteiger partial charge in [-0.2, -0.15) is 5.10 Å². The monoisotopic (exact) mass is 534 g/mol. The molecule has 0 saturated carbocycles. The van der Waals surface area contributed by atoms with Gasteiger partial charge in [0, 0.05) is 10.0 Å². The Morgan fingerprint density at radius 2 is 1.72 bits per heavy atom. The van der Waals surface area contributed by atoms with E-state index >= 15 is 0 Å². The standard InChI is InChI=1S/C21H15Cl5N2O4/c1-11(31-19-5-2-12(22)6-16(19)24)21(29)28-27-9-14-3-4-15(32-14)10-30-20-17(25)7-13(23)8-18(20)26/h2-9,11H,10H2,1H3,(H,28,29)/b27-9+. The van der Waals surface area contributed by atoms with Crippen LogP contribution < -0.4 is 14.9 Å². The number of furan rings is 1. The maximum atomic E-state index is 12.2. The molecule has 1 heterocycles. The third-order valence-electron chi connectivity index (χ3n) is 3.94. The van der Waals surface area contributed by atoms with Crippen molar-refractivity contribution in [2.45, 2.75) is 19.6 Å². The molecule has 32 heavy (non-hydrogen) atoms. The SMILES string of the molecule is CC(Oc1ccc(Cl)cc1Cl)C(=O)N/N=C/c1ccc(COc2c(Cl)cc(Cl)cc2Cl)o1. The first-order chi connectivity index (χ1) is 15.2. The fourth-order valence-corrected chi connectivity index (χ4v) is 3.80. The molecule has 1 N–H and O–H groups in total. The number of halogens is 5. The first-order valence-electron chi connectivity index (χ1n) is 9.03. The van der Waals surface area contributed by atoms with Gasteiger partial charge >= 0.3 is 0 Å². The van der Waals surface area contributed by atoms with Crippen molar-refractivity contribution in [2.75, 3.05) is 0 Å². The fraction of sp³-hybridized carbons (Fsp3) is 0.143. The summed E-state index contributed by atoms with van der Waals surface area (Å²) in [6.45, 7) is 1.64. The summed E-state index contributed by atoms with van der Waals surface area (Å²) in [6, 6.07) is 11.1. The molecule has 0 radical (unpaired) electrons. The highest BCUT2D eigenvalue weighted by Gasteiger charge is 2.16. The minimum absolute atomic E-state index is 0.0774. The molecule has 1 unspecified atom stereocenters. The Labute approximate surface area is 208 Å². The second kappa shape index (κ2) is 11.2. The van der Waals surface area contributed by atoms with Crippen LogP contribution in [-0.2, 0) is 11.4 Å². The largest absolute Gasteiger partial charge is 0.483 e. The molecule has 0 bridgehead atoms. The van der Waals surface area contributed by atoms with Gasteiger partial charge < -0.3 is 13.9 Å². The molecule has 11 heteroatoms. The summed E-state index contributed by atoms with van der Waals surface area (Å²) in [5.41, 5.74) is 2.37. The number of nitrogens with one attached hydrogen (secondary N) is 1. The van der Waals surface area contributed by atoms with Crippen LogP contribution in [0.4, 0.5) is 0 Å². The number of amides is 1. The second-order valence-corrected chi connectivity index (χ2v) is 8.45. The topological polar surface area (TPSA) is 73.1 Å². The van der Waals surface area contributed by atoms with Crippen molar-refractivity contribution in [1.29, 1.82) is 0 Å². The number of carbonyl (C=O) groups is 1. The summed E-state index contributed by atoms with van der Waals surface area (Å²) in [7, 11) is 0. The summed E-state index contributed by atoms with van der Waals surface area (Å²) >= 11 is 29.9. The van der Waals surface area contributed by atoms with Crippen LogP contribution in [0.2, 0.25) is 25.1 Å². The van der Waals surface area contributed by atoms with E-state index in [9.17, 15) is 4.79 Å². The zero-order valence-electron chi connectivity index (χ0n) is 16.4. The summed E-state index contributed by atoms with van der Waals surface area (Å²) in [4.78, 5) is 12.2. The molecule has 0 aliphatic heterocycles. The van der Waals surface area contributed by atoms with E-state index < -0.39 is 12.0 Å². The molecule has 6 nitrogen and oxygen atoms in total. The van der Waals surface area contributed by atoms with Gasteiger partial charge in [0.15, 0.2) is 11.9 Å². The predicted molar refractivity (Wildman–Crippen MR) is 127 cm³/mol. The molecule has 0 fully saturated rings. The molecule has 0 spiro atoms. The molecule has 3 rings (SSSR count). The Bertz CT molecular complexity index is 1130. The van der Waals surface area contributed by atoms with Crippen molar-refractivity contribution < 1.29 is 18.7 Å². The molecule has 0 saturated heterocycles. The molecular formula is C21H15Cl5N2O4. The molecule has 0 aliphatic rings. The van der Waals surface area contributed by atoms with Gasteiger partial charge in [-0.05, 0) is 49.4 Å². The maximum absolute atomic E-state index is 12.2. The van der Waals surface area contributed by atoms with E-state index in [1.165, 1.54) is 24.4 Å². The van der Waals surface area contributed by atoms with Crippen molar-refractivity contribution in [3.05, 3.63) is 79.1 Å². The quantitative estimate of drug-likeness (QED) is 0.248. The number of ether oxygens (including phenoxy) is 2. The smallest absolute Gasteiger partial charge is 0.280 e. The van der Waals surface area contributed by atoms with Crippen molar-refractivity contribution in [1.82, 2.24) is 5.43 Å². The molecule has 1 atom stereocenters. The van der Waals surface area contributed by atoms with Gasteiger partial charge in [0.05, 0.1) is 21.3 Å². The number of hydrazone groups is 1. The molecular weight excluding hydrogens is 522 g/mol. The summed E-state index contributed by atoms with van der Waals surface area (Å²) in [6.07, 6.45) is 0.492. The lowest BCUT2D eigenvalue weighted by Crippen LogP contribution is -2.33. The third kappa shape index (κ3) is 6.70. The van der Waals surface area contributed by atoms with E-state index in [0.717, 1.165) is 0 Å². The lowest BCUT2D eigenvalue weighted by molar-refractivity contribution is -0.127. The number of nitrogens with zero attached hydrogens (tertiary/aromatic N) is 1. The van der Waals surface area contributed by atoms with E-state index in [1.807, 2.05) is 0 Å². The highest BCUT2D eigenvalue weighted by Crippen LogP contribution is 2.36. The average molecular weight is 537 g/mol. The zero-order valence-corrected chi connectivity index (χ0v) is 20.2. The Kier molecular flexibility index (Phi) is 8.57. The first-order valence-corrected chi connectivity index (χ1v) is 10.9. The van der Waals surface area contributed by atoms with E-state index in [4.69, 9.17) is 71.9 Å². The molecule has 3 aromatic rings. The van der Waals surface area contributed by atoms with Crippen molar-refractivity contribution in [3.63, 3.8) is 0 Å². The van der Waals surface area contributed by atoms with Gasteiger partial charge in [-0.15, -0.1) is 0 Å². The summed E-state index contributed by atoms with van der Waals surface area (Å²) in [5.74, 6) is 1.04. The van der Waals surface area contributed by atoms with Crippen LogP contribution in [0.15, 0.2) is 52.0 Å². The highest BCUT2D eigenvalue weighted by molar-refractivity contribution is 6.40. The molecule has 1 amide bonds. The van der Waals surface area contributed by atoms with Gasteiger partial charge in [0.2, 0.25) is 0 Å². The van der Waals surface area contributed by atoms with Crippen LogP contribution in [0.25, 0.3) is 0 Å². The van der Waals surface area contributed by atoms with Gasteiger partial charge in [0.1, 0.15) is 23.9 Å². The normalized spacial score (nSPS) is 12.1. The van der Waals surface area contributed by atoms with Crippen molar-refractivity contribution >= 4 is 70.1 Å². The minimum atomic E-state index is -0.847. The number of benzene rings is 2. The Hall–Kier alpha value is -2.09. The van der Waals surface area contributed by atoms with Crippen LogP contribution in [0.1, 0.15) is 18.4 Å². The third-order valence-corrected chi connectivity index (χ3v) is 5.25. The van der Waals surface area contributed by atoms with E-state index in [-0.39, 0.29) is 16.7 Å². The summed E-state index contributed by atoms with van der Waals surface area (Å²) in [5, 5.41) is 5.60. The maximum Gasteiger partial charge on any atom is 0.280 e. The van der Waals surface area contributed by atoms with Gasteiger partial charge in [-0.1, -0.05) is 58.0 Å². The summed E-state index contributed by atoms with van der Waals surface area (Å²) < 4.78 is 16.7. The second-order valence-electron chi connectivity index (χ2n) is 6.36. The Morgan fingerprint density at radius 3 is 2.41 bits per heavy atom. The van der Waals surface area contributed by atoms with Gasteiger partial charge in [-0.3, -0.25) is 4.79 Å². The van der Waals surface area contributed by atoms with E-state index in [0.29, 0.717) is 38.1 Å². The number of hydrogen-bond acceptors (Lipinski definition) is 5. The van der Waals surface area contributed by atoms with Gasteiger partial charge in [0.25, 0.3) is 5.91 Å². The molecule has 1 aromatic heterocycles. The fourth-order valence-electron chi connectivity index (χ4n) is 2.42. The molecule has 168 valence electrons. The van der Waals surface area contributed by atoms with Crippen LogP contribution in [0.5, 0.6) is 11.5 Å². The predicted octanol–water partition coefficient (Wildman–Crippen LogP) is 7.04. The number of hydrogen-bond donors (Lipinski definition) is 1. The number of carbonyl (C=O) groups excluding carboxylic acids is 1. The van der Waals surface area contributed by atoms with Crippen LogP contribution in [0.3, 0.4) is 0 Å². The van der Waals surface area contributed by atoms with Crippen LogP contribution in [0, 0.1) is 0 Å². The lowest BCUT2D eigenvalue weighted by Gasteiger charge is -2.14. The van der Waals surface area contributed by atoms with Crippen LogP contribution >= 0.6 is 58.0 Å². The molecule has 2 aromatic carbocycles.